The molecule has 1 atom stereocenters. The van der Waals surface area contributed by atoms with E-state index in [1.165, 1.54) is 22.4 Å². The third-order valence-electron chi connectivity index (χ3n) is 4.35. The molecule has 3 aromatic carbocycles. The lowest BCUT2D eigenvalue weighted by molar-refractivity contribution is -0.137. The summed E-state index contributed by atoms with van der Waals surface area (Å²) in [5.74, 6) is 2.20. The Morgan fingerprint density at radius 1 is 1.04 bits per heavy atom. The molecule has 0 saturated heterocycles. The van der Waals surface area contributed by atoms with Crippen LogP contribution in [0.1, 0.15) is 36.0 Å². The number of benzene rings is 3. The zero-order chi connectivity index (χ0) is 20.7. The number of rotatable bonds is 3. The number of alkyl halides is 3. The Labute approximate surface area is 163 Å². The van der Waals surface area contributed by atoms with E-state index < -0.39 is 11.7 Å². The molecule has 0 fully saturated rings. The van der Waals surface area contributed by atoms with Crippen LogP contribution in [0.4, 0.5) is 13.2 Å². The summed E-state index contributed by atoms with van der Waals surface area (Å²) in [6.07, 6.45) is 1.30. The molecule has 0 N–H and O–H groups in total. The maximum Gasteiger partial charge on any atom is 0.416 e. The molecule has 0 aliphatic heterocycles. The van der Waals surface area contributed by atoms with Gasteiger partial charge in [0.15, 0.2) is 0 Å². The van der Waals surface area contributed by atoms with Gasteiger partial charge in [-0.3, -0.25) is 4.79 Å². The van der Waals surface area contributed by atoms with Gasteiger partial charge in [0, 0.05) is 6.42 Å². The van der Waals surface area contributed by atoms with Crippen LogP contribution < -0.4 is 0 Å². The molecule has 0 amide bonds. The molecule has 0 aromatic heterocycles. The highest BCUT2D eigenvalue weighted by Gasteiger charge is 2.29. The van der Waals surface area contributed by atoms with Crippen LogP contribution in [0.5, 0.6) is 0 Å². The van der Waals surface area contributed by atoms with Crippen LogP contribution in [0.15, 0.2) is 66.7 Å². The Balaban J connectivity index is 0.000000221. The third kappa shape index (κ3) is 5.72. The minimum absolute atomic E-state index is 0.134. The highest BCUT2D eigenvalue weighted by atomic mass is 19.4. The molecule has 0 bridgehead atoms. The van der Waals surface area contributed by atoms with Gasteiger partial charge >= 0.3 is 6.18 Å². The number of carbonyl (C=O) groups is 1. The van der Waals surface area contributed by atoms with Crippen molar-refractivity contribution in [1.29, 1.82) is 0 Å². The first kappa shape index (κ1) is 21.2. The number of aryl methyl sites for hydroxylation is 1. The Hall–Kier alpha value is -3.06. The van der Waals surface area contributed by atoms with Gasteiger partial charge in [0.1, 0.15) is 0 Å². The second-order valence-corrected chi connectivity index (χ2v) is 6.61. The summed E-state index contributed by atoms with van der Waals surface area (Å²) >= 11 is 0. The van der Waals surface area contributed by atoms with Gasteiger partial charge in [0.25, 0.3) is 0 Å². The van der Waals surface area contributed by atoms with E-state index in [9.17, 15) is 18.0 Å². The Bertz CT molecular complexity index is 991. The zero-order valence-corrected chi connectivity index (χ0v) is 15.8. The molecule has 0 spiro atoms. The monoisotopic (exact) mass is 382 g/mol. The van der Waals surface area contributed by atoms with Gasteiger partial charge in [0.05, 0.1) is 5.56 Å². The second kappa shape index (κ2) is 9.23. The fourth-order valence-electron chi connectivity index (χ4n) is 2.95. The van der Waals surface area contributed by atoms with Crippen LogP contribution in [0.3, 0.4) is 0 Å². The summed E-state index contributed by atoms with van der Waals surface area (Å²) in [5.41, 5.74) is 1.23. The number of carbonyl (C=O) groups excluding carboxylic acids is 1. The largest absolute Gasteiger partial charge is 0.416 e. The van der Waals surface area contributed by atoms with Crippen LogP contribution in [0.25, 0.3) is 10.8 Å². The van der Waals surface area contributed by atoms with E-state index in [1.54, 1.807) is 13.0 Å². The van der Waals surface area contributed by atoms with Crippen molar-refractivity contribution >= 4 is 16.6 Å². The minimum Gasteiger partial charge on any atom is -0.285 e. The quantitative estimate of drug-likeness (QED) is 0.371. The van der Waals surface area contributed by atoms with Gasteiger partial charge in [-0.1, -0.05) is 73.2 Å². The van der Waals surface area contributed by atoms with Gasteiger partial charge in [0.2, 0.25) is 5.78 Å². The molecule has 0 heterocycles. The molecular formula is C24H21F3O. The highest BCUT2D eigenvalue weighted by Crippen LogP contribution is 2.29. The van der Waals surface area contributed by atoms with Gasteiger partial charge in [-0.25, -0.2) is 0 Å². The fourth-order valence-corrected chi connectivity index (χ4v) is 2.95. The molecule has 3 rings (SSSR count). The zero-order valence-electron chi connectivity index (χ0n) is 15.8. The normalized spacial score (nSPS) is 11.9. The third-order valence-corrected chi connectivity index (χ3v) is 4.35. The van der Waals surface area contributed by atoms with Crippen LogP contribution in [-0.2, 0) is 11.0 Å². The number of halogens is 3. The Kier molecular flexibility index (Phi) is 7.00. The molecule has 1 unspecified atom stereocenters. The first-order chi connectivity index (χ1) is 13.2. The lowest BCUT2D eigenvalue weighted by Gasteiger charge is -2.12. The number of hydrogen-bond donors (Lipinski definition) is 0. The Morgan fingerprint density at radius 2 is 1.68 bits per heavy atom. The summed E-state index contributed by atoms with van der Waals surface area (Å²) in [4.78, 5) is 11.3. The van der Waals surface area contributed by atoms with Crippen LogP contribution in [-0.4, -0.2) is 5.78 Å². The van der Waals surface area contributed by atoms with Crippen LogP contribution >= 0.6 is 0 Å². The van der Waals surface area contributed by atoms with Crippen molar-refractivity contribution in [3.8, 4) is 12.3 Å². The summed E-state index contributed by atoms with van der Waals surface area (Å²) in [6, 6.07) is 19.6. The predicted octanol–water partition coefficient (Wildman–Crippen LogP) is 6.55. The average molecular weight is 382 g/mol. The molecule has 0 saturated carbocycles. The molecule has 28 heavy (non-hydrogen) atoms. The maximum atomic E-state index is 12.0. The lowest BCUT2D eigenvalue weighted by Crippen LogP contribution is -2.04. The van der Waals surface area contributed by atoms with Crippen molar-refractivity contribution in [2.24, 2.45) is 0 Å². The molecular weight excluding hydrogens is 361 g/mol. The van der Waals surface area contributed by atoms with E-state index in [0.29, 0.717) is 12.0 Å². The smallest absolute Gasteiger partial charge is 0.285 e. The minimum atomic E-state index is -4.22. The van der Waals surface area contributed by atoms with Crippen molar-refractivity contribution in [1.82, 2.24) is 0 Å². The van der Waals surface area contributed by atoms with Gasteiger partial charge in [-0.15, -0.1) is 6.42 Å². The molecule has 1 nitrogen and oxygen atoms in total. The molecule has 0 aliphatic carbocycles. The molecule has 3 aromatic rings. The van der Waals surface area contributed by atoms with Crippen molar-refractivity contribution in [3.05, 3.63) is 83.4 Å². The van der Waals surface area contributed by atoms with E-state index in [0.717, 1.165) is 12.1 Å². The predicted molar refractivity (Wildman–Crippen MR) is 107 cm³/mol. The highest BCUT2D eigenvalue weighted by molar-refractivity contribution is 5.96. The summed E-state index contributed by atoms with van der Waals surface area (Å²) in [6.45, 7) is 3.67. The average Bonchev–Trinajstić information content (AvgIpc) is 2.67. The first-order valence-electron chi connectivity index (χ1n) is 8.83. The molecule has 4 heteroatoms. The van der Waals surface area contributed by atoms with Crippen molar-refractivity contribution in [3.63, 3.8) is 0 Å². The van der Waals surface area contributed by atoms with Crippen molar-refractivity contribution in [2.75, 3.05) is 0 Å². The standard InChI is InChI=1S/C16H14O.C8H7F3/c1-3-14(17)11-12(2)15-10-6-8-13-7-4-5-9-16(13)15;1-6-3-2-4-7(5-6)8(9,10)11/h1,4-10,12H,11H2,2H3;2-5H,1H3. The van der Waals surface area contributed by atoms with Crippen molar-refractivity contribution < 1.29 is 18.0 Å². The first-order valence-corrected chi connectivity index (χ1v) is 8.83. The SMILES string of the molecule is C#CC(=O)CC(C)c1cccc2ccccc12.Cc1cccc(C(F)(F)F)c1. The van der Waals surface area contributed by atoms with Gasteiger partial charge in [-0.05, 0) is 41.2 Å². The molecule has 0 radical (unpaired) electrons. The number of hydrogen-bond acceptors (Lipinski definition) is 1. The maximum absolute atomic E-state index is 12.0. The second-order valence-electron chi connectivity index (χ2n) is 6.61. The van der Waals surface area contributed by atoms with Crippen LogP contribution in [0, 0.1) is 19.3 Å². The number of ketones is 1. The number of fused-ring (bicyclic) bond motifs is 1. The van der Waals surface area contributed by atoms with E-state index in [1.807, 2.05) is 25.1 Å². The molecule has 144 valence electrons. The summed E-state index contributed by atoms with van der Waals surface area (Å²) in [5, 5.41) is 2.40. The van der Waals surface area contributed by atoms with E-state index >= 15 is 0 Å². The van der Waals surface area contributed by atoms with Gasteiger partial charge < -0.3 is 0 Å². The topological polar surface area (TPSA) is 17.1 Å². The fraction of sp³-hybridized carbons (Fsp3) is 0.208. The van der Waals surface area contributed by atoms with Crippen molar-refractivity contribution in [2.45, 2.75) is 32.4 Å². The summed E-state index contributed by atoms with van der Waals surface area (Å²) < 4.78 is 35.9. The summed E-state index contributed by atoms with van der Waals surface area (Å²) in [7, 11) is 0. The van der Waals surface area contributed by atoms with Crippen LogP contribution in [0.2, 0.25) is 0 Å². The van der Waals surface area contributed by atoms with E-state index in [4.69, 9.17) is 6.42 Å². The van der Waals surface area contributed by atoms with E-state index in [-0.39, 0.29) is 11.7 Å². The Morgan fingerprint density at radius 3 is 2.29 bits per heavy atom. The van der Waals surface area contributed by atoms with Gasteiger partial charge in [-0.2, -0.15) is 13.2 Å². The number of terminal acetylenes is 1. The molecule has 0 aliphatic rings. The van der Waals surface area contributed by atoms with E-state index in [2.05, 4.69) is 30.2 Å². The lowest BCUT2D eigenvalue weighted by atomic mass is 9.91. The number of Topliss-reactive ketones (excluding diaryl/α,β-unsaturated/α-hetero) is 1.